The van der Waals surface area contributed by atoms with E-state index in [1.54, 1.807) is 0 Å². The Labute approximate surface area is 146 Å². The van der Waals surface area contributed by atoms with Gasteiger partial charge in [0.15, 0.2) is 0 Å². The van der Waals surface area contributed by atoms with Gasteiger partial charge in [0.05, 0.1) is 17.3 Å². The number of hydrogen-bond donors (Lipinski definition) is 0. The number of esters is 3. The number of hydrogen-bond acceptors (Lipinski definition) is 6. The van der Waals surface area contributed by atoms with Crippen molar-refractivity contribution in [3.63, 3.8) is 0 Å². The average Bonchev–Trinajstić information content (AvgIpc) is 3.26. The fourth-order valence-corrected chi connectivity index (χ4v) is 6.17. The molecule has 0 aromatic rings. The van der Waals surface area contributed by atoms with E-state index >= 15 is 0 Å². The summed E-state index contributed by atoms with van der Waals surface area (Å²) in [4.78, 5) is 37.0. The molecule has 2 heterocycles. The highest BCUT2D eigenvalue weighted by Crippen LogP contribution is 2.56. The van der Waals surface area contributed by atoms with Crippen molar-refractivity contribution in [2.45, 2.75) is 70.2 Å². The topological polar surface area (TPSA) is 78.9 Å². The van der Waals surface area contributed by atoms with Crippen molar-refractivity contribution in [3.05, 3.63) is 0 Å². The van der Waals surface area contributed by atoms with Gasteiger partial charge in [-0.2, -0.15) is 0 Å². The Bertz CT molecular complexity index is 669. The van der Waals surface area contributed by atoms with Crippen LogP contribution in [-0.4, -0.2) is 35.7 Å². The Hall–Kier alpha value is -1.59. The molecular weight excluding hydrogens is 324 g/mol. The Morgan fingerprint density at radius 1 is 1.24 bits per heavy atom. The van der Waals surface area contributed by atoms with Crippen molar-refractivity contribution in [3.8, 4) is 0 Å². The molecule has 6 nitrogen and oxygen atoms in total. The third-order valence-corrected chi connectivity index (χ3v) is 7.27. The summed E-state index contributed by atoms with van der Waals surface area (Å²) >= 11 is 0. The largest absolute Gasteiger partial charge is 0.458 e. The number of carbonyl (C=O) groups excluding carboxylic acids is 3. The monoisotopic (exact) mass is 348 g/mol. The van der Waals surface area contributed by atoms with Crippen LogP contribution in [0.25, 0.3) is 0 Å². The van der Waals surface area contributed by atoms with Gasteiger partial charge in [0, 0.05) is 18.3 Å². The molecule has 25 heavy (non-hydrogen) atoms. The summed E-state index contributed by atoms with van der Waals surface area (Å²) in [6.45, 7) is 3.75. The van der Waals surface area contributed by atoms with Crippen molar-refractivity contribution >= 4 is 17.9 Å². The van der Waals surface area contributed by atoms with Crippen LogP contribution in [0.5, 0.6) is 0 Å². The van der Waals surface area contributed by atoms with Gasteiger partial charge in [-0.15, -0.1) is 0 Å². The van der Waals surface area contributed by atoms with Crippen molar-refractivity contribution in [1.29, 1.82) is 0 Å². The quantitative estimate of drug-likeness (QED) is 0.561. The first-order valence-corrected chi connectivity index (χ1v) is 9.45. The zero-order valence-electron chi connectivity index (χ0n) is 14.7. The molecule has 136 valence electrons. The number of carbonyl (C=O) groups is 3. The zero-order chi connectivity index (χ0) is 17.6. The van der Waals surface area contributed by atoms with Gasteiger partial charge in [0.1, 0.15) is 17.8 Å². The fraction of sp³-hybridized carbons (Fsp3) is 0.842. The van der Waals surface area contributed by atoms with Gasteiger partial charge in [-0.3, -0.25) is 14.4 Å². The highest BCUT2D eigenvalue weighted by atomic mass is 16.6. The molecule has 5 fully saturated rings. The molecule has 0 amide bonds. The standard InChI is InChI=1S/C19H24O6/c1-18(2)8-19(25-17(18)22)5-3-4-12(19)16(21)23-13-9-6-10-11(7-9)15(20)24-14(10)13/h9-14H,3-8H2,1-2H3. The lowest BCUT2D eigenvalue weighted by atomic mass is 9.78. The molecule has 7 unspecified atom stereocenters. The summed E-state index contributed by atoms with van der Waals surface area (Å²) < 4.78 is 17.1. The van der Waals surface area contributed by atoms with Gasteiger partial charge in [-0.1, -0.05) is 0 Å². The van der Waals surface area contributed by atoms with E-state index < -0.39 is 16.9 Å². The molecular formula is C19H24O6. The maximum absolute atomic E-state index is 13.0. The minimum Gasteiger partial charge on any atom is -0.458 e. The minimum atomic E-state index is -0.704. The van der Waals surface area contributed by atoms with Gasteiger partial charge in [-0.05, 0) is 46.0 Å². The molecule has 5 aliphatic rings. The van der Waals surface area contributed by atoms with E-state index in [2.05, 4.69) is 0 Å². The van der Waals surface area contributed by atoms with Crippen LogP contribution in [0.1, 0.15) is 52.4 Å². The third-order valence-electron chi connectivity index (χ3n) is 7.27. The molecule has 2 aliphatic heterocycles. The predicted octanol–water partition coefficient (Wildman–Crippen LogP) is 1.99. The third kappa shape index (κ3) is 1.99. The highest BCUT2D eigenvalue weighted by Gasteiger charge is 2.65. The molecule has 1 spiro atoms. The Kier molecular flexibility index (Phi) is 2.99. The summed E-state index contributed by atoms with van der Waals surface area (Å²) in [6.07, 6.45) is 3.95. The molecule has 0 N–H and O–H groups in total. The lowest BCUT2D eigenvalue weighted by Crippen LogP contribution is -2.43. The molecule has 3 aliphatic carbocycles. The summed E-state index contributed by atoms with van der Waals surface area (Å²) in [7, 11) is 0. The molecule has 2 bridgehead atoms. The lowest BCUT2D eigenvalue weighted by Gasteiger charge is -2.32. The molecule has 0 aromatic heterocycles. The molecule has 2 saturated heterocycles. The summed E-state index contributed by atoms with van der Waals surface area (Å²) in [5, 5.41) is 0. The zero-order valence-corrected chi connectivity index (χ0v) is 14.7. The molecule has 0 aromatic carbocycles. The second-order valence-corrected chi connectivity index (χ2v) is 9.26. The predicted molar refractivity (Wildman–Crippen MR) is 84.0 cm³/mol. The molecule has 0 radical (unpaired) electrons. The van der Waals surface area contributed by atoms with Crippen LogP contribution in [-0.2, 0) is 28.6 Å². The maximum Gasteiger partial charge on any atom is 0.313 e. The van der Waals surface area contributed by atoms with Crippen LogP contribution >= 0.6 is 0 Å². The average molecular weight is 348 g/mol. The van der Waals surface area contributed by atoms with Crippen molar-refractivity contribution < 1.29 is 28.6 Å². The fourth-order valence-electron chi connectivity index (χ4n) is 6.17. The van der Waals surface area contributed by atoms with Crippen molar-refractivity contribution in [1.82, 2.24) is 0 Å². The van der Waals surface area contributed by atoms with E-state index in [-0.39, 0.29) is 47.9 Å². The van der Waals surface area contributed by atoms with E-state index in [4.69, 9.17) is 14.2 Å². The number of rotatable bonds is 2. The van der Waals surface area contributed by atoms with Gasteiger partial charge in [-0.25, -0.2) is 0 Å². The van der Waals surface area contributed by atoms with Crippen LogP contribution in [0.15, 0.2) is 0 Å². The van der Waals surface area contributed by atoms with E-state index in [1.807, 2.05) is 13.8 Å². The lowest BCUT2D eigenvalue weighted by molar-refractivity contribution is -0.175. The first-order valence-electron chi connectivity index (χ1n) is 9.45. The van der Waals surface area contributed by atoms with Crippen LogP contribution < -0.4 is 0 Å². The van der Waals surface area contributed by atoms with E-state index in [0.29, 0.717) is 12.8 Å². The number of fused-ring (bicyclic) bond motifs is 1. The second kappa shape index (κ2) is 4.77. The molecule has 5 rings (SSSR count). The first-order chi connectivity index (χ1) is 11.8. The van der Waals surface area contributed by atoms with Gasteiger partial charge in [0.2, 0.25) is 0 Å². The Morgan fingerprint density at radius 3 is 2.76 bits per heavy atom. The van der Waals surface area contributed by atoms with E-state index in [9.17, 15) is 14.4 Å². The summed E-state index contributed by atoms with van der Waals surface area (Å²) in [5.74, 6) is -0.560. The molecule has 6 heteroatoms. The van der Waals surface area contributed by atoms with E-state index in [1.165, 1.54) is 0 Å². The highest BCUT2D eigenvalue weighted by molar-refractivity contribution is 5.82. The minimum absolute atomic E-state index is 0.0133. The second-order valence-electron chi connectivity index (χ2n) is 9.26. The van der Waals surface area contributed by atoms with Crippen LogP contribution in [0, 0.1) is 29.1 Å². The smallest absolute Gasteiger partial charge is 0.313 e. The van der Waals surface area contributed by atoms with Gasteiger partial charge >= 0.3 is 17.9 Å². The molecule has 7 atom stereocenters. The van der Waals surface area contributed by atoms with Crippen LogP contribution in [0.2, 0.25) is 0 Å². The SMILES string of the molecule is CC1(C)CC2(CCCC2C(=O)OC2C3CC4C(=O)OC2C4C3)OC1=O. The molecule has 3 saturated carbocycles. The Morgan fingerprint density at radius 2 is 2.04 bits per heavy atom. The Balaban J connectivity index is 1.34. The van der Waals surface area contributed by atoms with Crippen LogP contribution in [0.4, 0.5) is 0 Å². The van der Waals surface area contributed by atoms with Gasteiger partial charge in [0.25, 0.3) is 0 Å². The van der Waals surface area contributed by atoms with Crippen molar-refractivity contribution in [2.24, 2.45) is 29.1 Å². The summed E-state index contributed by atoms with van der Waals surface area (Å²) in [6, 6.07) is 0. The van der Waals surface area contributed by atoms with Crippen molar-refractivity contribution in [2.75, 3.05) is 0 Å². The normalized spacial score (nSPS) is 48.9. The number of ether oxygens (including phenoxy) is 3. The summed E-state index contributed by atoms with van der Waals surface area (Å²) in [5.41, 5.74) is -1.26. The maximum atomic E-state index is 13.0. The first kappa shape index (κ1) is 15.6. The van der Waals surface area contributed by atoms with E-state index in [0.717, 1.165) is 25.7 Å². The van der Waals surface area contributed by atoms with Gasteiger partial charge < -0.3 is 14.2 Å². The van der Waals surface area contributed by atoms with Crippen LogP contribution in [0.3, 0.4) is 0 Å².